The molecule has 1 N–H and O–H groups in total. The topological polar surface area (TPSA) is 51.1 Å². The number of nitrogens with one attached hydrogen (secondary N) is 1. The Morgan fingerprint density at radius 2 is 2.00 bits per heavy atom. The van der Waals surface area contributed by atoms with Gasteiger partial charge in [0.05, 0.1) is 0 Å². The maximum Gasteiger partial charge on any atom is 0.250 e. The van der Waals surface area contributed by atoms with Crippen LogP contribution in [-0.2, 0) is 11.3 Å². The molecule has 1 amide bonds. The first kappa shape index (κ1) is 17.3. The maximum absolute atomic E-state index is 11.9. The summed E-state index contributed by atoms with van der Waals surface area (Å²) >= 11 is 3.37. The van der Waals surface area contributed by atoms with Gasteiger partial charge in [-0.05, 0) is 53.6 Å². The number of unbranched alkanes of at least 4 members (excludes halogenated alkanes) is 1. The molecule has 0 radical (unpaired) electrons. The highest BCUT2D eigenvalue weighted by Gasteiger charge is 2.16. The SMILES string of the molecule is O=C(CC1CCCCC1)NCCCCn1cc(Br)ccc1=O. The van der Waals surface area contributed by atoms with Gasteiger partial charge >= 0.3 is 0 Å². The summed E-state index contributed by atoms with van der Waals surface area (Å²) in [5, 5.41) is 3.01. The van der Waals surface area contributed by atoms with Crippen molar-refractivity contribution in [1.29, 1.82) is 0 Å². The van der Waals surface area contributed by atoms with E-state index in [1.165, 1.54) is 32.1 Å². The first-order valence-electron chi connectivity index (χ1n) is 8.28. The molecule has 0 saturated heterocycles. The van der Waals surface area contributed by atoms with E-state index < -0.39 is 0 Å². The fourth-order valence-electron chi connectivity index (χ4n) is 3.04. The molecule has 1 aromatic rings. The van der Waals surface area contributed by atoms with Crippen molar-refractivity contribution in [1.82, 2.24) is 9.88 Å². The lowest BCUT2D eigenvalue weighted by atomic mass is 9.87. The van der Waals surface area contributed by atoms with E-state index in [9.17, 15) is 9.59 Å². The molecule has 1 saturated carbocycles. The van der Waals surface area contributed by atoms with Crippen LogP contribution in [0.25, 0.3) is 0 Å². The van der Waals surface area contributed by atoms with E-state index in [0.29, 0.717) is 25.4 Å². The first-order chi connectivity index (χ1) is 10.6. The minimum atomic E-state index is 0.0181. The van der Waals surface area contributed by atoms with Crippen molar-refractivity contribution in [3.05, 3.63) is 33.2 Å². The Hall–Kier alpha value is -1.10. The minimum Gasteiger partial charge on any atom is -0.356 e. The van der Waals surface area contributed by atoms with Gasteiger partial charge in [0.1, 0.15) is 0 Å². The molecule has 5 heteroatoms. The third-order valence-electron chi connectivity index (χ3n) is 4.29. The summed E-state index contributed by atoms with van der Waals surface area (Å²) in [7, 11) is 0. The number of carbonyl (C=O) groups is 1. The molecule has 0 aliphatic heterocycles. The number of aromatic nitrogens is 1. The molecular weight excluding hydrogens is 344 g/mol. The van der Waals surface area contributed by atoms with Crippen molar-refractivity contribution in [2.24, 2.45) is 5.92 Å². The number of nitrogens with zero attached hydrogens (tertiary/aromatic N) is 1. The number of halogens is 1. The number of hydrogen-bond acceptors (Lipinski definition) is 2. The van der Waals surface area contributed by atoms with Crippen LogP contribution in [-0.4, -0.2) is 17.0 Å². The van der Waals surface area contributed by atoms with Crippen LogP contribution in [0.5, 0.6) is 0 Å². The molecule has 0 bridgehead atoms. The van der Waals surface area contributed by atoms with Gasteiger partial charge in [-0.1, -0.05) is 19.3 Å². The van der Waals surface area contributed by atoms with Crippen LogP contribution >= 0.6 is 15.9 Å². The summed E-state index contributed by atoms with van der Waals surface area (Å²) in [5.41, 5.74) is 0.0181. The van der Waals surface area contributed by atoms with Gasteiger partial charge in [-0.15, -0.1) is 0 Å². The Bertz CT molecular complexity index is 536. The predicted molar refractivity (Wildman–Crippen MR) is 91.8 cm³/mol. The summed E-state index contributed by atoms with van der Waals surface area (Å²) in [6.07, 6.45) is 10.6. The molecule has 22 heavy (non-hydrogen) atoms. The fourth-order valence-corrected chi connectivity index (χ4v) is 3.42. The Morgan fingerprint density at radius 1 is 1.23 bits per heavy atom. The van der Waals surface area contributed by atoms with Gasteiger partial charge in [-0.25, -0.2) is 0 Å². The molecule has 0 atom stereocenters. The van der Waals surface area contributed by atoms with Crippen LogP contribution in [0.3, 0.4) is 0 Å². The van der Waals surface area contributed by atoms with E-state index in [2.05, 4.69) is 21.2 Å². The zero-order chi connectivity index (χ0) is 15.8. The van der Waals surface area contributed by atoms with Gasteiger partial charge in [0, 0.05) is 36.2 Å². The van der Waals surface area contributed by atoms with Crippen LogP contribution in [0.15, 0.2) is 27.6 Å². The van der Waals surface area contributed by atoms with Gasteiger partial charge in [0.25, 0.3) is 5.56 Å². The van der Waals surface area contributed by atoms with Crippen LogP contribution in [0, 0.1) is 5.92 Å². The largest absolute Gasteiger partial charge is 0.356 e. The maximum atomic E-state index is 11.9. The number of rotatable bonds is 7. The Kier molecular flexibility index (Phi) is 7.16. The molecule has 0 aromatic carbocycles. The quantitative estimate of drug-likeness (QED) is 0.749. The van der Waals surface area contributed by atoms with Gasteiger partial charge in [-0.3, -0.25) is 9.59 Å². The van der Waals surface area contributed by atoms with Crippen LogP contribution < -0.4 is 10.9 Å². The van der Waals surface area contributed by atoms with Crippen molar-refractivity contribution in [2.45, 2.75) is 57.9 Å². The lowest BCUT2D eigenvalue weighted by Gasteiger charge is -2.20. The molecule has 4 nitrogen and oxygen atoms in total. The van der Waals surface area contributed by atoms with Gasteiger partial charge in [0.2, 0.25) is 5.91 Å². The minimum absolute atomic E-state index is 0.0181. The van der Waals surface area contributed by atoms with E-state index in [4.69, 9.17) is 0 Å². The Balaban J connectivity index is 1.59. The van der Waals surface area contributed by atoms with Crippen LogP contribution in [0.4, 0.5) is 0 Å². The van der Waals surface area contributed by atoms with E-state index in [1.54, 1.807) is 16.7 Å². The Labute approximate surface area is 140 Å². The highest BCUT2D eigenvalue weighted by atomic mass is 79.9. The zero-order valence-electron chi connectivity index (χ0n) is 13.0. The predicted octanol–water partition coefficient (Wildman–Crippen LogP) is 3.48. The monoisotopic (exact) mass is 368 g/mol. The number of hydrogen-bond donors (Lipinski definition) is 1. The summed E-state index contributed by atoms with van der Waals surface area (Å²) in [4.78, 5) is 23.5. The number of carbonyl (C=O) groups excluding carboxylic acids is 1. The summed E-state index contributed by atoms with van der Waals surface area (Å²) in [6, 6.07) is 3.32. The average Bonchev–Trinajstić information content (AvgIpc) is 2.51. The van der Waals surface area contributed by atoms with Crippen molar-refractivity contribution >= 4 is 21.8 Å². The number of amides is 1. The van der Waals surface area contributed by atoms with Gasteiger partial charge in [-0.2, -0.15) is 0 Å². The van der Waals surface area contributed by atoms with Crippen LogP contribution in [0.2, 0.25) is 0 Å². The van der Waals surface area contributed by atoms with Crippen molar-refractivity contribution < 1.29 is 4.79 Å². The first-order valence-corrected chi connectivity index (χ1v) is 9.07. The van der Waals surface area contributed by atoms with Crippen molar-refractivity contribution in [2.75, 3.05) is 6.54 Å². The highest BCUT2D eigenvalue weighted by molar-refractivity contribution is 9.10. The normalized spacial score (nSPS) is 15.7. The van der Waals surface area contributed by atoms with Crippen LogP contribution in [0.1, 0.15) is 51.4 Å². The molecule has 0 unspecified atom stereocenters. The molecule has 1 aliphatic carbocycles. The second-order valence-corrected chi connectivity index (χ2v) is 7.06. The van der Waals surface area contributed by atoms with E-state index in [1.807, 2.05) is 6.20 Å². The molecule has 0 spiro atoms. The average molecular weight is 369 g/mol. The van der Waals surface area contributed by atoms with Gasteiger partial charge < -0.3 is 9.88 Å². The second-order valence-electron chi connectivity index (χ2n) is 6.14. The zero-order valence-corrected chi connectivity index (χ0v) is 14.6. The molecule has 1 aromatic heterocycles. The number of pyridine rings is 1. The van der Waals surface area contributed by atoms with Gasteiger partial charge in [0.15, 0.2) is 0 Å². The molecule has 1 aliphatic rings. The smallest absolute Gasteiger partial charge is 0.250 e. The summed E-state index contributed by atoms with van der Waals surface area (Å²) < 4.78 is 2.61. The standard InChI is InChI=1S/C17H25BrN2O2/c18-15-8-9-17(22)20(13-15)11-5-4-10-19-16(21)12-14-6-2-1-3-7-14/h8-9,13-14H,1-7,10-12H2,(H,19,21). The highest BCUT2D eigenvalue weighted by Crippen LogP contribution is 2.25. The second kappa shape index (κ2) is 9.13. The van der Waals surface area contributed by atoms with Crippen molar-refractivity contribution in [3.63, 3.8) is 0 Å². The summed E-state index contributed by atoms with van der Waals surface area (Å²) in [6.45, 7) is 1.39. The molecule has 1 fully saturated rings. The van der Waals surface area contributed by atoms with E-state index in [0.717, 1.165) is 17.3 Å². The lowest BCUT2D eigenvalue weighted by Crippen LogP contribution is -2.27. The summed E-state index contributed by atoms with van der Waals surface area (Å²) in [5.74, 6) is 0.778. The van der Waals surface area contributed by atoms with Crippen molar-refractivity contribution in [3.8, 4) is 0 Å². The number of aryl methyl sites for hydroxylation is 1. The van der Waals surface area contributed by atoms with E-state index >= 15 is 0 Å². The lowest BCUT2D eigenvalue weighted by molar-refractivity contribution is -0.122. The molecule has 2 rings (SSSR count). The molecular formula is C17H25BrN2O2. The fraction of sp³-hybridized carbons (Fsp3) is 0.647. The molecule has 122 valence electrons. The molecule has 1 heterocycles. The third-order valence-corrected chi connectivity index (χ3v) is 4.76. The third kappa shape index (κ3) is 5.95. The van der Waals surface area contributed by atoms with E-state index in [-0.39, 0.29) is 11.5 Å². The Morgan fingerprint density at radius 3 is 2.77 bits per heavy atom.